The van der Waals surface area contributed by atoms with Crippen LogP contribution in [0.1, 0.15) is 34.1 Å². The summed E-state index contributed by atoms with van der Waals surface area (Å²) in [7, 11) is 3.68. The van der Waals surface area contributed by atoms with E-state index in [1.165, 1.54) is 44.5 Å². The molecule has 0 bridgehead atoms. The zero-order valence-electron chi connectivity index (χ0n) is 16.6. The smallest absolute Gasteiger partial charge is 0.0596 e. The van der Waals surface area contributed by atoms with Crippen molar-refractivity contribution in [2.45, 2.75) is 11.8 Å². The van der Waals surface area contributed by atoms with Crippen molar-refractivity contribution in [3.63, 3.8) is 0 Å². The van der Waals surface area contributed by atoms with Crippen molar-refractivity contribution >= 4 is 10.2 Å². The predicted molar refractivity (Wildman–Crippen MR) is 126 cm³/mol. The Labute approximate surface area is 181 Å². The topological polar surface area (TPSA) is 0 Å². The van der Waals surface area contributed by atoms with E-state index in [2.05, 4.69) is 119 Å². The molecule has 2 aliphatic rings. The quantitative estimate of drug-likeness (QED) is 0.330. The van der Waals surface area contributed by atoms with E-state index in [1.54, 1.807) is 0 Å². The van der Waals surface area contributed by atoms with Crippen LogP contribution in [0.15, 0.2) is 109 Å². The highest BCUT2D eigenvalue weighted by atomic mass is 28.1. The minimum absolute atomic E-state index is 0.317. The van der Waals surface area contributed by atoms with Gasteiger partial charge in [-0.05, 0) is 50.4 Å². The molecule has 0 fully saturated rings. The summed E-state index contributed by atoms with van der Waals surface area (Å²) in [6.45, 7) is 0. The summed E-state index contributed by atoms with van der Waals surface area (Å²) >= 11 is 0. The summed E-state index contributed by atoms with van der Waals surface area (Å²) in [5.74, 6) is 0.973. The third kappa shape index (κ3) is 2.45. The van der Waals surface area contributed by atoms with Crippen LogP contribution in [0.3, 0.4) is 0 Å². The van der Waals surface area contributed by atoms with Crippen molar-refractivity contribution in [2.24, 2.45) is 5.92 Å². The summed E-state index contributed by atoms with van der Waals surface area (Å²) in [5, 5.41) is 0. The van der Waals surface area contributed by atoms with Crippen LogP contribution in [-0.2, 0) is 0 Å². The van der Waals surface area contributed by atoms with Gasteiger partial charge in [0.25, 0.3) is 0 Å². The fourth-order valence-electron chi connectivity index (χ4n) is 5.74. The predicted octanol–water partition coefficient (Wildman–Crippen LogP) is 6.91. The van der Waals surface area contributed by atoms with Crippen molar-refractivity contribution in [2.75, 3.05) is 0 Å². The summed E-state index contributed by atoms with van der Waals surface area (Å²) in [6, 6.07) is 35.8. The standard InChI is InChI=1S/C29H21Si/c30-18-17-27(28-23-13-5-1-9-19(23)20-10-2-6-14-24(20)28)29-25-15-7-3-11-21(25)22-12-4-8-16-26(22)29/h1-18,27-29H. The first-order valence-corrected chi connectivity index (χ1v) is 11.2. The van der Waals surface area contributed by atoms with E-state index in [0.29, 0.717) is 17.8 Å². The Balaban J connectivity index is 1.60. The Morgan fingerprint density at radius 2 is 0.800 bits per heavy atom. The first kappa shape index (κ1) is 17.7. The molecule has 0 heterocycles. The number of hydrogen-bond donors (Lipinski definition) is 0. The van der Waals surface area contributed by atoms with Crippen LogP contribution in [0.25, 0.3) is 22.3 Å². The maximum Gasteiger partial charge on any atom is 0.0596 e. The zero-order valence-corrected chi connectivity index (χ0v) is 17.6. The van der Waals surface area contributed by atoms with Gasteiger partial charge in [0.2, 0.25) is 0 Å². The fraction of sp³-hybridized carbons (Fsp3) is 0.103. The van der Waals surface area contributed by atoms with Gasteiger partial charge in [-0.1, -0.05) is 103 Å². The molecule has 0 N–H and O–H groups in total. The van der Waals surface area contributed by atoms with Gasteiger partial charge < -0.3 is 0 Å². The lowest BCUT2D eigenvalue weighted by molar-refractivity contribution is 0.521. The second-order valence-electron chi connectivity index (χ2n) is 8.24. The monoisotopic (exact) mass is 397 g/mol. The average molecular weight is 398 g/mol. The third-order valence-corrected chi connectivity index (χ3v) is 7.04. The third-order valence-electron chi connectivity index (χ3n) is 6.85. The lowest BCUT2D eigenvalue weighted by Crippen LogP contribution is -2.19. The Kier molecular flexibility index (Phi) is 4.10. The van der Waals surface area contributed by atoms with E-state index in [0.717, 1.165) is 0 Å². The van der Waals surface area contributed by atoms with Crippen LogP contribution in [0.4, 0.5) is 0 Å². The molecule has 3 radical (unpaired) electrons. The van der Waals surface area contributed by atoms with Gasteiger partial charge in [-0.15, -0.1) is 5.70 Å². The van der Waals surface area contributed by atoms with Gasteiger partial charge in [-0.3, -0.25) is 0 Å². The summed E-state index contributed by atoms with van der Waals surface area (Å²) in [4.78, 5) is 0. The molecular weight excluding hydrogens is 376 g/mol. The maximum absolute atomic E-state index is 3.68. The molecule has 4 aromatic rings. The highest BCUT2D eigenvalue weighted by molar-refractivity contribution is 6.17. The first-order valence-electron chi connectivity index (χ1n) is 10.6. The molecule has 0 unspecified atom stereocenters. The largest absolute Gasteiger partial charge is 0.106 e. The molecule has 0 atom stereocenters. The van der Waals surface area contributed by atoms with Crippen molar-refractivity contribution in [1.29, 1.82) is 0 Å². The molecule has 141 valence electrons. The number of rotatable bonds is 3. The van der Waals surface area contributed by atoms with Crippen LogP contribution in [-0.4, -0.2) is 10.2 Å². The van der Waals surface area contributed by atoms with Gasteiger partial charge in [-0.25, -0.2) is 0 Å². The maximum atomic E-state index is 3.68. The second kappa shape index (κ2) is 6.96. The van der Waals surface area contributed by atoms with Gasteiger partial charge in [0, 0.05) is 11.8 Å². The van der Waals surface area contributed by atoms with E-state index < -0.39 is 0 Å². The Morgan fingerprint density at radius 1 is 0.500 bits per heavy atom. The molecular formula is C29H21Si. The Bertz CT molecular complexity index is 1100. The molecule has 0 spiro atoms. The molecule has 0 nitrogen and oxygen atoms in total. The minimum Gasteiger partial charge on any atom is -0.106 e. The second-order valence-corrected chi connectivity index (χ2v) is 8.57. The molecule has 4 aromatic carbocycles. The van der Waals surface area contributed by atoms with E-state index in [-0.39, 0.29) is 0 Å². The van der Waals surface area contributed by atoms with E-state index in [9.17, 15) is 0 Å². The molecule has 6 rings (SSSR count). The SMILES string of the molecule is [Si]C=CC(C1c2ccccc2-c2ccccc21)C1c2ccccc2-c2ccccc21. The average Bonchev–Trinajstić information content (AvgIpc) is 3.31. The highest BCUT2D eigenvalue weighted by Crippen LogP contribution is 2.56. The first-order chi connectivity index (χ1) is 14.9. The zero-order chi connectivity index (χ0) is 20.1. The minimum atomic E-state index is 0.317. The normalized spacial score (nSPS) is 14.7. The summed E-state index contributed by atoms with van der Waals surface area (Å²) in [6.07, 6.45) is 2.37. The van der Waals surface area contributed by atoms with Crippen LogP contribution >= 0.6 is 0 Å². The summed E-state index contributed by atoms with van der Waals surface area (Å²) in [5.41, 5.74) is 13.3. The van der Waals surface area contributed by atoms with Crippen molar-refractivity contribution in [3.8, 4) is 22.3 Å². The van der Waals surface area contributed by atoms with E-state index in [4.69, 9.17) is 0 Å². The number of fused-ring (bicyclic) bond motifs is 6. The Hall–Kier alpha value is -3.16. The fourth-order valence-corrected chi connectivity index (χ4v) is 5.97. The van der Waals surface area contributed by atoms with Crippen LogP contribution in [0.2, 0.25) is 0 Å². The molecule has 0 aromatic heterocycles. The number of hydrogen-bond acceptors (Lipinski definition) is 0. The van der Waals surface area contributed by atoms with Gasteiger partial charge in [-0.2, -0.15) is 0 Å². The van der Waals surface area contributed by atoms with Gasteiger partial charge in [0.15, 0.2) is 0 Å². The molecule has 0 amide bonds. The van der Waals surface area contributed by atoms with Gasteiger partial charge in [0.05, 0.1) is 10.2 Å². The molecule has 30 heavy (non-hydrogen) atoms. The lowest BCUT2D eigenvalue weighted by atomic mass is 9.73. The van der Waals surface area contributed by atoms with Gasteiger partial charge in [0.1, 0.15) is 0 Å². The molecule has 0 saturated carbocycles. The van der Waals surface area contributed by atoms with Crippen LogP contribution < -0.4 is 0 Å². The van der Waals surface area contributed by atoms with Crippen molar-refractivity contribution in [1.82, 2.24) is 0 Å². The van der Waals surface area contributed by atoms with E-state index >= 15 is 0 Å². The Morgan fingerprint density at radius 3 is 1.10 bits per heavy atom. The van der Waals surface area contributed by atoms with Gasteiger partial charge >= 0.3 is 0 Å². The van der Waals surface area contributed by atoms with Crippen LogP contribution in [0, 0.1) is 5.92 Å². The summed E-state index contributed by atoms with van der Waals surface area (Å²) < 4.78 is 0. The molecule has 0 aliphatic heterocycles. The molecule has 1 heteroatoms. The number of benzene rings is 4. The highest BCUT2D eigenvalue weighted by Gasteiger charge is 2.41. The lowest BCUT2D eigenvalue weighted by Gasteiger charge is -2.30. The number of allylic oxidation sites excluding steroid dienone is 1. The van der Waals surface area contributed by atoms with Crippen LogP contribution in [0.5, 0.6) is 0 Å². The molecule has 0 saturated heterocycles. The van der Waals surface area contributed by atoms with Crippen molar-refractivity contribution < 1.29 is 0 Å². The molecule has 2 aliphatic carbocycles. The van der Waals surface area contributed by atoms with E-state index in [1.807, 2.05) is 0 Å². The van der Waals surface area contributed by atoms with Crippen molar-refractivity contribution in [3.05, 3.63) is 131 Å².